The monoisotopic (exact) mass is 188 g/mol. The molecule has 1 N–H and O–H groups in total. The molecule has 0 aromatic rings. The first-order valence-electron chi connectivity index (χ1n) is 5.07. The minimum Gasteiger partial charge on any atom is -0.393 e. The molecule has 2 atom stereocenters. The van der Waals surface area contributed by atoms with E-state index in [1.807, 2.05) is 13.0 Å². The summed E-state index contributed by atoms with van der Waals surface area (Å²) in [4.78, 5) is 0. The minimum atomic E-state index is -0.442. The molecule has 0 aliphatic rings. The third kappa shape index (κ3) is 7.97. The van der Waals surface area contributed by atoms with E-state index >= 15 is 0 Å². The van der Waals surface area contributed by atoms with Crippen LogP contribution in [-0.4, -0.2) is 17.9 Å². The van der Waals surface area contributed by atoms with Gasteiger partial charge in [-0.2, -0.15) is 0 Å². The van der Waals surface area contributed by atoms with E-state index in [0.717, 1.165) is 19.3 Å². The number of hydrogen-bond donors (Lipinski definition) is 1. The van der Waals surface area contributed by atoms with Gasteiger partial charge in [-0.05, 0) is 25.7 Å². The van der Waals surface area contributed by atoms with Crippen molar-refractivity contribution in [3.05, 3.63) is 12.2 Å². The quantitative estimate of drug-likeness (QED) is 0.609. The molecule has 0 heterocycles. The van der Waals surface area contributed by atoms with Gasteiger partial charge in [-0.3, -0.25) is 4.39 Å². The predicted molar refractivity (Wildman–Crippen MR) is 54.4 cm³/mol. The number of aliphatic hydroxyl groups excluding tert-OH is 1. The fraction of sp³-hybridized carbons (Fsp3) is 0.818. The smallest absolute Gasteiger partial charge is 0.0919 e. The second-order valence-electron chi connectivity index (χ2n) is 3.57. The van der Waals surface area contributed by atoms with Gasteiger partial charge in [-0.15, -0.1) is 0 Å². The molecule has 13 heavy (non-hydrogen) atoms. The van der Waals surface area contributed by atoms with Gasteiger partial charge in [0.25, 0.3) is 0 Å². The van der Waals surface area contributed by atoms with Gasteiger partial charge in [-0.25, -0.2) is 0 Å². The summed E-state index contributed by atoms with van der Waals surface area (Å²) < 4.78 is 11.8. The van der Waals surface area contributed by atoms with E-state index in [4.69, 9.17) is 0 Å². The second kappa shape index (κ2) is 8.24. The molecule has 0 aromatic heterocycles. The normalized spacial score (nSPS) is 16.3. The first-order valence-corrected chi connectivity index (χ1v) is 5.07. The Kier molecular flexibility index (Phi) is 8.00. The summed E-state index contributed by atoms with van der Waals surface area (Å²) >= 11 is 0. The number of halogens is 1. The Hall–Kier alpha value is -0.370. The van der Waals surface area contributed by atoms with Crippen LogP contribution in [-0.2, 0) is 0 Å². The third-order valence-corrected chi connectivity index (χ3v) is 2.16. The lowest BCUT2D eigenvalue weighted by molar-refractivity contribution is 0.140. The van der Waals surface area contributed by atoms with E-state index in [-0.39, 0.29) is 6.42 Å². The first-order chi connectivity index (χ1) is 6.20. The lowest BCUT2D eigenvalue weighted by Crippen LogP contribution is -2.07. The number of rotatable bonds is 7. The average molecular weight is 188 g/mol. The summed E-state index contributed by atoms with van der Waals surface area (Å²) in [6, 6.07) is 0. The van der Waals surface area contributed by atoms with Crippen molar-refractivity contribution in [2.45, 2.75) is 45.6 Å². The summed E-state index contributed by atoms with van der Waals surface area (Å²) in [6.07, 6.45) is 6.83. The van der Waals surface area contributed by atoms with Crippen molar-refractivity contribution in [2.75, 3.05) is 6.67 Å². The summed E-state index contributed by atoms with van der Waals surface area (Å²) in [5.74, 6) is 0.572. The van der Waals surface area contributed by atoms with Crippen LogP contribution in [0.5, 0.6) is 0 Å². The molecule has 0 aromatic carbocycles. The largest absolute Gasteiger partial charge is 0.393 e. The Balaban J connectivity index is 3.33. The van der Waals surface area contributed by atoms with Crippen LogP contribution < -0.4 is 0 Å². The SMILES string of the molecule is CC=CC(C)CCCC(O)CCF. The summed E-state index contributed by atoms with van der Waals surface area (Å²) in [7, 11) is 0. The van der Waals surface area contributed by atoms with E-state index in [2.05, 4.69) is 13.0 Å². The van der Waals surface area contributed by atoms with Crippen molar-refractivity contribution in [3.8, 4) is 0 Å². The van der Waals surface area contributed by atoms with Crippen LogP contribution in [0.1, 0.15) is 39.5 Å². The molecule has 0 aliphatic heterocycles. The van der Waals surface area contributed by atoms with Gasteiger partial charge in [0.05, 0.1) is 12.8 Å². The fourth-order valence-electron chi connectivity index (χ4n) is 1.37. The Morgan fingerprint density at radius 1 is 1.31 bits per heavy atom. The van der Waals surface area contributed by atoms with Gasteiger partial charge in [0.15, 0.2) is 0 Å². The Morgan fingerprint density at radius 2 is 2.00 bits per heavy atom. The number of alkyl halides is 1. The zero-order valence-corrected chi connectivity index (χ0v) is 8.67. The third-order valence-electron chi connectivity index (χ3n) is 2.16. The number of aliphatic hydroxyl groups is 1. The zero-order valence-electron chi connectivity index (χ0n) is 8.67. The molecule has 0 radical (unpaired) electrons. The maximum absolute atomic E-state index is 11.8. The molecule has 0 amide bonds. The van der Waals surface area contributed by atoms with Crippen LogP contribution in [0.15, 0.2) is 12.2 Å². The van der Waals surface area contributed by atoms with Crippen molar-refractivity contribution in [1.82, 2.24) is 0 Å². The highest BCUT2D eigenvalue weighted by molar-refractivity contribution is 4.82. The van der Waals surface area contributed by atoms with Crippen LogP contribution in [0, 0.1) is 5.92 Å². The second-order valence-corrected chi connectivity index (χ2v) is 3.57. The van der Waals surface area contributed by atoms with E-state index in [1.54, 1.807) is 0 Å². The minimum absolute atomic E-state index is 0.290. The predicted octanol–water partition coefficient (Wildman–Crippen LogP) is 3.09. The van der Waals surface area contributed by atoms with Gasteiger partial charge in [0.2, 0.25) is 0 Å². The van der Waals surface area contributed by atoms with E-state index in [0.29, 0.717) is 5.92 Å². The molecule has 0 rings (SSSR count). The van der Waals surface area contributed by atoms with Gasteiger partial charge in [-0.1, -0.05) is 25.5 Å². The van der Waals surface area contributed by atoms with Crippen LogP contribution in [0.2, 0.25) is 0 Å². The van der Waals surface area contributed by atoms with Crippen LogP contribution in [0.25, 0.3) is 0 Å². The van der Waals surface area contributed by atoms with E-state index < -0.39 is 12.8 Å². The van der Waals surface area contributed by atoms with Crippen LogP contribution >= 0.6 is 0 Å². The van der Waals surface area contributed by atoms with E-state index in [1.165, 1.54) is 0 Å². The highest BCUT2D eigenvalue weighted by Gasteiger charge is 2.04. The van der Waals surface area contributed by atoms with Crippen molar-refractivity contribution in [1.29, 1.82) is 0 Å². The van der Waals surface area contributed by atoms with Gasteiger partial charge >= 0.3 is 0 Å². The maximum Gasteiger partial charge on any atom is 0.0919 e. The first kappa shape index (κ1) is 12.6. The van der Waals surface area contributed by atoms with Crippen LogP contribution in [0.3, 0.4) is 0 Å². The molecule has 0 aliphatic carbocycles. The lowest BCUT2D eigenvalue weighted by Gasteiger charge is -2.09. The Bertz CT molecular complexity index is 134. The number of hydrogen-bond acceptors (Lipinski definition) is 1. The topological polar surface area (TPSA) is 20.2 Å². The molecule has 2 heteroatoms. The van der Waals surface area contributed by atoms with Gasteiger partial charge in [0, 0.05) is 6.42 Å². The molecule has 0 saturated carbocycles. The summed E-state index contributed by atoms with van der Waals surface area (Å²) in [6.45, 7) is 3.75. The molecule has 0 spiro atoms. The Morgan fingerprint density at radius 3 is 2.54 bits per heavy atom. The van der Waals surface area contributed by atoms with Crippen molar-refractivity contribution < 1.29 is 9.50 Å². The summed E-state index contributed by atoms with van der Waals surface area (Å²) in [5, 5.41) is 9.23. The molecule has 1 nitrogen and oxygen atoms in total. The molecular weight excluding hydrogens is 167 g/mol. The highest BCUT2D eigenvalue weighted by Crippen LogP contribution is 2.12. The highest BCUT2D eigenvalue weighted by atomic mass is 19.1. The average Bonchev–Trinajstić information content (AvgIpc) is 2.05. The van der Waals surface area contributed by atoms with E-state index in [9.17, 15) is 9.50 Å². The van der Waals surface area contributed by atoms with Crippen molar-refractivity contribution in [2.24, 2.45) is 5.92 Å². The maximum atomic E-state index is 11.8. The Labute approximate surface area is 80.7 Å². The van der Waals surface area contributed by atoms with Gasteiger partial charge < -0.3 is 5.11 Å². The van der Waals surface area contributed by atoms with Gasteiger partial charge in [0.1, 0.15) is 0 Å². The molecular formula is C11H21FO. The molecule has 78 valence electrons. The summed E-state index contributed by atoms with van der Waals surface area (Å²) in [5.41, 5.74) is 0. The molecule has 0 saturated heterocycles. The molecule has 0 fully saturated rings. The fourth-order valence-corrected chi connectivity index (χ4v) is 1.37. The number of allylic oxidation sites excluding steroid dienone is 2. The lowest BCUT2D eigenvalue weighted by atomic mass is 10.0. The van der Waals surface area contributed by atoms with Crippen molar-refractivity contribution in [3.63, 3.8) is 0 Å². The zero-order chi connectivity index (χ0) is 10.1. The van der Waals surface area contributed by atoms with Crippen LogP contribution in [0.4, 0.5) is 4.39 Å². The standard InChI is InChI=1S/C11H21FO/c1-3-5-10(2)6-4-7-11(13)8-9-12/h3,5,10-11,13H,4,6-9H2,1-2H3. The van der Waals surface area contributed by atoms with Crippen molar-refractivity contribution >= 4 is 0 Å². The molecule has 0 bridgehead atoms. The molecule has 2 unspecified atom stereocenters.